The molecule has 4 heteroatoms. The summed E-state index contributed by atoms with van der Waals surface area (Å²) >= 11 is 6.45. The number of carbonyl (C=O) groups is 1. The van der Waals surface area contributed by atoms with Gasteiger partial charge in [-0.25, -0.2) is 0 Å². The van der Waals surface area contributed by atoms with Gasteiger partial charge in [-0.15, -0.1) is 0 Å². The molecule has 0 bridgehead atoms. The van der Waals surface area contributed by atoms with E-state index < -0.39 is 5.60 Å². The van der Waals surface area contributed by atoms with E-state index in [-0.39, 0.29) is 5.91 Å². The Morgan fingerprint density at radius 2 is 1.59 bits per heavy atom. The Hall–Kier alpha value is -2.62. The summed E-state index contributed by atoms with van der Waals surface area (Å²) in [6.45, 7) is 3.58. The number of halogens is 1. The maximum absolute atomic E-state index is 11.6. The third kappa shape index (κ3) is 3.36. The molecule has 3 aromatic carbocycles. The third-order valence-corrected chi connectivity index (χ3v) is 5.22. The van der Waals surface area contributed by atoms with E-state index >= 15 is 0 Å². The van der Waals surface area contributed by atoms with E-state index in [2.05, 4.69) is 5.32 Å². The lowest BCUT2D eigenvalue weighted by atomic mass is 9.89. The first-order chi connectivity index (χ1) is 12.8. The zero-order chi connectivity index (χ0) is 19.2. The van der Waals surface area contributed by atoms with Crippen molar-refractivity contribution in [1.82, 2.24) is 0 Å². The van der Waals surface area contributed by atoms with Gasteiger partial charge in [0.2, 0.25) is 5.91 Å². The fourth-order valence-corrected chi connectivity index (χ4v) is 3.84. The topological polar surface area (TPSA) is 49.3 Å². The summed E-state index contributed by atoms with van der Waals surface area (Å²) < 4.78 is 0. The lowest BCUT2D eigenvalue weighted by Gasteiger charge is -2.22. The van der Waals surface area contributed by atoms with E-state index in [0.717, 1.165) is 39.1 Å². The molecule has 3 nitrogen and oxygen atoms in total. The fraction of sp³-hybridized carbons (Fsp3) is 0.174. The van der Waals surface area contributed by atoms with E-state index in [1.54, 1.807) is 13.8 Å². The minimum Gasteiger partial charge on any atom is -0.386 e. The largest absolute Gasteiger partial charge is 0.386 e. The van der Waals surface area contributed by atoms with Crippen LogP contribution >= 0.6 is 11.6 Å². The molecule has 0 aromatic heterocycles. The number of fused-ring (bicyclic) bond motifs is 1. The first kappa shape index (κ1) is 17.8. The Morgan fingerprint density at radius 1 is 0.963 bits per heavy atom. The van der Waals surface area contributed by atoms with Crippen LogP contribution in [0.15, 0.2) is 60.7 Å². The van der Waals surface area contributed by atoms with Crippen LogP contribution in [0.25, 0.3) is 22.3 Å². The second-order valence-electron chi connectivity index (χ2n) is 7.40. The van der Waals surface area contributed by atoms with E-state index in [9.17, 15) is 9.90 Å². The van der Waals surface area contributed by atoms with Crippen molar-refractivity contribution in [3.05, 3.63) is 76.8 Å². The second kappa shape index (κ2) is 6.52. The number of carbonyl (C=O) groups excluding carboxylic acids is 1. The number of hydrogen-bond donors (Lipinski definition) is 2. The molecule has 2 N–H and O–H groups in total. The van der Waals surface area contributed by atoms with Gasteiger partial charge in [-0.05, 0) is 53.8 Å². The minimum absolute atomic E-state index is 0.00297. The van der Waals surface area contributed by atoms with Crippen molar-refractivity contribution in [1.29, 1.82) is 0 Å². The lowest BCUT2D eigenvalue weighted by Crippen LogP contribution is -2.16. The van der Waals surface area contributed by atoms with Gasteiger partial charge < -0.3 is 10.4 Å². The lowest BCUT2D eigenvalue weighted by molar-refractivity contribution is -0.115. The summed E-state index contributed by atoms with van der Waals surface area (Å²) in [6, 6.07) is 19.8. The monoisotopic (exact) mass is 377 g/mol. The molecule has 136 valence electrons. The molecule has 0 fully saturated rings. The summed E-state index contributed by atoms with van der Waals surface area (Å²) in [5.41, 5.74) is 5.68. The Kier molecular flexibility index (Phi) is 4.29. The van der Waals surface area contributed by atoms with Gasteiger partial charge >= 0.3 is 0 Å². The molecule has 1 aliphatic heterocycles. The molecule has 0 atom stereocenters. The predicted octanol–water partition coefficient (Wildman–Crippen LogP) is 5.40. The van der Waals surface area contributed by atoms with Crippen molar-refractivity contribution < 1.29 is 9.90 Å². The van der Waals surface area contributed by atoms with Crippen molar-refractivity contribution >= 4 is 23.2 Å². The second-order valence-corrected chi connectivity index (χ2v) is 7.80. The number of nitrogens with one attached hydrogen (secondary N) is 1. The van der Waals surface area contributed by atoms with Gasteiger partial charge in [0.1, 0.15) is 0 Å². The van der Waals surface area contributed by atoms with Crippen molar-refractivity contribution in [2.24, 2.45) is 0 Å². The van der Waals surface area contributed by atoms with Crippen molar-refractivity contribution in [3.8, 4) is 22.3 Å². The maximum Gasteiger partial charge on any atom is 0.228 e. The number of hydrogen-bond acceptors (Lipinski definition) is 2. The predicted molar refractivity (Wildman–Crippen MR) is 110 cm³/mol. The van der Waals surface area contributed by atoms with E-state index in [1.807, 2.05) is 60.7 Å². The number of anilines is 1. The molecule has 0 aliphatic carbocycles. The molecule has 27 heavy (non-hydrogen) atoms. The average Bonchev–Trinajstić information content (AvgIpc) is 2.99. The molecule has 0 saturated carbocycles. The molecule has 1 heterocycles. The molecule has 0 unspecified atom stereocenters. The molecule has 1 amide bonds. The van der Waals surface area contributed by atoms with Gasteiger partial charge in [-0.1, -0.05) is 60.1 Å². The SMILES string of the molecule is CC(C)(O)c1ccccc1-c1ccc(-c2cc3c(cc2Cl)NC(=O)C3)cc1. The molecule has 4 rings (SSSR count). The zero-order valence-corrected chi connectivity index (χ0v) is 16.0. The number of aliphatic hydroxyl groups is 1. The summed E-state index contributed by atoms with van der Waals surface area (Å²) in [6.07, 6.45) is 0.385. The van der Waals surface area contributed by atoms with E-state index in [1.165, 1.54) is 0 Å². The van der Waals surface area contributed by atoms with Crippen LogP contribution in [0.5, 0.6) is 0 Å². The summed E-state index contributed by atoms with van der Waals surface area (Å²) in [7, 11) is 0. The van der Waals surface area contributed by atoms with Gasteiger partial charge in [0.05, 0.1) is 17.0 Å². The average molecular weight is 378 g/mol. The highest BCUT2D eigenvalue weighted by atomic mass is 35.5. The first-order valence-electron chi connectivity index (χ1n) is 8.88. The Bertz CT molecular complexity index is 1030. The standard InChI is InChI=1S/C23H20ClNO2/c1-23(2,27)19-6-4-3-5-17(19)14-7-9-15(10-8-14)18-11-16-12-22(26)25-21(16)13-20(18)24/h3-11,13,27H,12H2,1-2H3,(H,25,26). The van der Waals surface area contributed by atoms with Gasteiger partial charge in [-0.2, -0.15) is 0 Å². The van der Waals surface area contributed by atoms with Crippen LogP contribution in [0.4, 0.5) is 5.69 Å². The van der Waals surface area contributed by atoms with Crippen molar-refractivity contribution in [3.63, 3.8) is 0 Å². The molecule has 3 aromatic rings. The molecule has 0 radical (unpaired) electrons. The van der Waals surface area contributed by atoms with Crippen LogP contribution in [-0.4, -0.2) is 11.0 Å². The highest BCUT2D eigenvalue weighted by Gasteiger charge is 2.21. The van der Waals surface area contributed by atoms with Gasteiger partial charge in [0.25, 0.3) is 0 Å². The Morgan fingerprint density at radius 3 is 2.26 bits per heavy atom. The van der Waals surface area contributed by atoms with Crippen LogP contribution in [0.3, 0.4) is 0 Å². The number of amides is 1. The molecule has 0 spiro atoms. The molecular formula is C23H20ClNO2. The van der Waals surface area contributed by atoms with Gasteiger partial charge in [0, 0.05) is 11.3 Å². The normalized spacial score (nSPS) is 13.4. The van der Waals surface area contributed by atoms with Gasteiger partial charge in [0.15, 0.2) is 0 Å². The quantitative estimate of drug-likeness (QED) is 0.642. The van der Waals surface area contributed by atoms with E-state index in [4.69, 9.17) is 11.6 Å². The summed E-state index contributed by atoms with van der Waals surface area (Å²) in [5, 5.41) is 13.9. The highest BCUT2D eigenvalue weighted by molar-refractivity contribution is 6.34. The third-order valence-electron chi connectivity index (χ3n) is 4.91. The number of rotatable bonds is 3. The summed E-state index contributed by atoms with van der Waals surface area (Å²) in [4.78, 5) is 11.6. The molecule has 0 saturated heterocycles. The zero-order valence-electron chi connectivity index (χ0n) is 15.2. The highest BCUT2D eigenvalue weighted by Crippen LogP contribution is 2.37. The number of benzene rings is 3. The van der Waals surface area contributed by atoms with Crippen LogP contribution in [0.2, 0.25) is 5.02 Å². The van der Waals surface area contributed by atoms with E-state index in [0.29, 0.717) is 11.4 Å². The minimum atomic E-state index is -0.919. The fourth-order valence-electron chi connectivity index (χ4n) is 3.57. The van der Waals surface area contributed by atoms with Gasteiger partial charge in [-0.3, -0.25) is 4.79 Å². The van der Waals surface area contributed by atoms with Crippen LogP contribution in [-0.2, 0) is 16.8 Å². The Balaban J connectivity index is 1.73. The first-order valence-corrected chi connectivity index (χ1v) is 9.26. The summed E-state index contributed by atoms with van der Waals surface area (Å²) in [5.74, 6) is -0.00297. The van der Waals surface area contributed by atoms with Crippen molar-refractivity contribution in [2.45, 2.75) is 25.9 Å². The van der Waals surface area contributed by atoms with Crippen LogP contribution < -0.4 is 5.32 Å². The van der Waals surface area contributed by atoms with Crippen LogP contribution in [0.1, 0.15) is 25.0 Å². The smallest absolute Gasteiger partial charge is 0.228 e. The maximum atomic E-state index is 11.6. The van der Waals surface area contributed by atoms with Crippen LogP contribution in [0, 0.1) is 0 Å². The molecule has 1 aliphatic rings. The Labute approximate surface area is 163 Å². The van der Waals surface area contributed by atoms with Crippen molar-refractivity contribution in [2.75, 3.05) is 5.32 Å². The molecular weight excluding hydrogens is 358 g/mol.